The van der Waals surface area contributed by atoms with E-state index in [1.54, 1.807) is 0 Å². The molecule has 0 aromatic heterocycles. The number of ether oxygens (including phenoxy) is 1. The Labute approximate surface area is 102 Å². The lowest BCUT2D eigenvalue weighted by molar-refractivity contribution is 0.0899. The van der Waals surface area contributed by atoms with Crippen molar-refractivity contribution in [3.8, 4) is 0 Å². The van der Waals surface area contributed by atoms with Gasteiger partial charge in [-0.2, -0.15) is 0 Å². The highest BCUT2D eigenvalue weighted by atomic mass is 16.5. The number of carbonyl (C=O) groups excluding carboxylic acids is 1. The van der Waals surface area contributed by atoms with Gasteiger partial charge in [0.2, 0.25) is 5.78 Å². The standard InChI is InChI=1S/C15H18O2/c1-11(2)12-6-8-13(9-7-12)15(16)14-5-3-4-10-17-14/h5-9,11H,3-4,10H2,1-2H3. The van der Waals surface area contributed by atoms with Crippen molar-refractivity contribution in [2.75, 3.05) is 6.61 Å². The zero-order valence-corrected chi connectivity index (χ0v) is 10.4. The van der Waals surface area contributed by atoms with Gasteiger partial charge < -0.3 is 4.74 Å². The van der Waals surface area contributed by atoms with Gasteiger partial charge in [-0.25, -0.2) is 0 Å². The summed E-state index contributed by atoms with van der Waals surface area (Å²) >= 11 is 0. The number of allylic oxidation sites excluding steroid dienone is 2. The van der Waals surface area contributed by atoms with Crippen molar-refractivity contribution in [3.63, 3.8) is 0 Å². The van der Waals surface area contributed by atoms with Crippen molar-refractivity contribution in [3.05, 3.63) is 47.2 Å². The highest BCUT2D eigenvalue weighted by molar-refractivity contribution is 6.07. The maximum atomic E-state index is 12.1. The maximum absolute atomic E-state index is 12.1. The van der Waals surface area contributed by atoms with E-state index in [-0.39, 0.29) is 5.78 Å². The smallest absolute Gasteiger partial charge is 0.227 e. The van der Waals surface area contributed by atoms with E-state index in [0.717, 1.165) is 12.8 Å². The van der Waals surface area contributed by atoms with Crippen molar-refractivity contribution >= 4 is 5.78 Å². The van der Waals surface area contributed by atoms with Crippen molar-refractivity contribution in [1.29, 1.82) is 0 Å². The molecule has 0 N–H and O–H groups in total. The molecular formula is C15H18O2. The summed E-state index contributed by atoms with van der Waals surface area (Å²) in [6.45, 7) is 4.94. The van der Waals surface area contributed by atoms with Gasteiger partial charge in [-0.15, -0.1) is 0 Å². The average molecular weight is 230 g/mol. The predicted octanol–water partition coefficient (Wildman–Crippen LogP) is 3.69. The molecule has 0 atom stereocenters. The second kappa shape index (κ2) is 5.17. The van der Waals surface area contributed by atoms with Crippen LogP contribution in [0.4, 0.5) is 0 Å². The molecule has 2 rings (SSSR count). The molecule has 0 saturated heterocycles. The Morgan fingerprint density at radius 2 is 1.94 bits per heavy atom. The Kier molecular flexibility index (Phi) is 3.62. The van der Waals surface area contributed by atoms with Gasteiger partial charge in [-0.05, 0) is 30.4 Å². The largest absolute Gasteiger partial charge is 0.490 e. The van der Waals surface area contributed by atoms with E-state index in [2.05, 4.69) is 13.8 Å². The quantitative estimate of drug-likeness (QED) is 0.740. The summed E-state index contributed by atoms with van der Waals surface area (Å²) < 4.78 is 5.38. The number of benzene rings is 1. The molecule has 2 heteroatoms. The third-order valence-corrected chi connectivity index (χ3v) is 3.00. The molecule has 1 aromatic carbocycles. The molecule has 0 fully saturated rings. The lowest BCUT2D eigenvalue weighted by Crippen LogP contribution is -2.11. The van der Waals surface area contributed by atoms with Crippen LogP contribution in [0.5, 0.6) is 0 Å². The van der Waals surface area contributed by atoms with E-state index in [1.165, 1.54) is 5.56 Å². The molecule has 1 aliphatic heterocycles. The third-order valence-electron chi connectivity index (χ3n) is 3.00. The van der Waals surface area contributed by atoms with Crippen LogP contribution in [-0.4, -0.2) is 12.4 Å². The molecule has 2 nitrogen and oxygen atoms in total. The molecule has 17 heavy (non-hydrogen) atoms. The van der Waals surface area contributed by atoms with Crippen molar-refractivity contribution in [1.82, 2.24) is 0 Å². The number of rotatable bonds is 3. The van der Waals surface area contributed by atoms with Gasteiger partial charge >= 0.3 is 0 Å². The molecule has 0 radical (unpaired) electrons. The number of Topliss-reactive ketones (excluding diaryl/α,β-unsaturated/α-hetero) is 1. The summed E-state index contributed by atoms with van der Waals surface area (Å²) in [6.07, 6.45) is 3.83. The summed E-state index contributed by atoms with van der Waals surface area (Å²) in [5.74, 6) is 0.998. The minimum atomic E-state index is 0.00000567. The molecule has 1 aliphatic rings. The molecular weight excluding hydrogens is 212 g/mol. The summed E-state index contributed by atoms with van der Waals surface area (Å²) in [6, 6.07) is 7.80. The second-order valence-electron chi connectivity index (χ2n) is 4.66. The topological polar surface area (TPSA) is 26.3 Å². The monoisotopic (exact) mass is 230 g/mol. The van der Waals surface area contributed by atoms with E-state index in [9.17, 15) is 4.79 Å². The molecule has 90 valence electrons. The summed E-state index contributed by atoms with van der Waals surface area (Å²) in [5, 5.41) is 0. The Morgan fingerprint density at radius 3 is 2.47 bits per heavy atom. The Balaban J connectivity index is 2.17. The fraction of sp³-hybridized carbons (Fsp3) is 0.400. The van der Waals surface area contributed by atoms with Gasteiger partial charge in [0.15, 0.2) is 5.76 Å². The van der Waals surface area contributed by atoms with Crippen LogP contribution in [-0.2, 0) is 4.74 Å². The minimum Gasteiger partial charge on any atom is -0.490 e. The van der Waals surface area contributed by atoms with Crippen molar-refractivity contribution in [2.45, 2.75) is 32.6 Å². The van der Waals surface area contributed by atoms with Crippen LogP contribution in [0.2, 0.25) is 0 Å². The maximum Gasteiger partial charge on any atom is 0.227 e. The first-order chi connectivity index (χ1) is 8.18. The van der Waals surface area contributed by atoms with Gasteiger partial charge in [0.05, 0.1) is 6.61 Å². The lowest BCUT2D eigenvalue weighted by Gasteiger charge is -2.14. The van der Waals surface area contributed by atoms with Crippen LogP contribution in [0.15, 0.2) is 36.1 Å². The van der Waals surface area contributed by atoms with E-state index in [0.29, 0.717) is 23.8 Å². The van der Waals surface area contributed by atoms with E-state index in [4.69, 9.17) is 4.74 Å². The number of carbonyl (C=O) groups is 1. The van der Waals surface area contributed by atoms with Crippen LogP contribution in [0.1, 0.15) is 48.5 Å². The Hall–Kier alpha value is -1.57. The fourth-order valence-corrected chi connectivity index (χ4v) is 1.88. The molecule has 0 aliphatic carbocycles. The van der Waals surface area contributed by atoms with Gasteiger partial charge in [-0.1, -0.05) is 38.1 Å². The lowest BCUT2D eigenvalue weighted by atomic mass is 9.99. The van der Waals surface area contributed by atoms with Gasteiger partial charge in [0.1, 0.15) is 0 Å². The molecule has 1 heterocycles. The van der Waals surface area contributed by atoms with Crippen LogP contribution < -0.4 is 0 Å². The number of hydrogen-bond acceptors (Lipinski definition) is 2. The zero-order valence-electron chi connectivity index (χ0n) is 10.4. The molecule has 0 spiro atoms. The summed E-state index contributed by atoms with van der Waals surface area (Å²) in [5.41, 5.74) is 1.96. The molecule has 0 amide bonds. The Bertz CT molecular complexity index is 427. The first-order valence-electron chi connectivity index (χ1n) is 6.16. The molecule has 1 aromatic rings. The van der Waals surface area contributed by atoms with Crippen LogP contribution in [0.25, 0.3) is 0 Å². The van der Waals surface area contributed by atoms with Crippen molar-refractivity contribution < 1.29 is 9.53 Å². The Morgan fingerprint density at radius 1 is 1.24 bits per heavy atom. The zero-order chi connectivity index (χ0) is 12.3. The van der Waals surface area contributed by atoms with E-state index in [1.807, 2.05) is 30.3 Å². The molecule has 0 bridgehead atoms. The normalized spacial score (nSPS) is 15.4. The van der Waals surface area contributed by atoms with E-state index < -0.39 is 0 Å². The van der Waals surface area contributed by atoms with Gasteiger partial charge in [0.25, 0.3) is 0 Å². The predicted molar refractivity (Wildman–Crippen MR) is 68.1 cm³/mol. The van der Waals surface area contributed by atoms with Crippen molar-refractivity contribution in [2.24, 2.45) is 0 Å². The van der Waals surface area contributed by atoms with Gasteiger partial charge in [-0.3, -0.25) is 4.79 Å². The first kappa shape index (κ1) is 11.9. The van der Waals surface area contributed by atoms with Crippen LogP contribution in [0.3, 0.4) is 0 Å². The summed E-state index contributed by atoms with van der Waals surface area (Å²) in [4.78, 5) is 12.1. The highest BCUT2D eigenvalue weighted by Gasteiger charge is 2.15. The fourth-order valence-electron chi connectivity index (χ4n) is 1.88. The summed E-state index contributed by atoms with van der Waals surface area (Å²) in [7, 11) is 0. The number of hydrogen-bond donors (Lipinski definition) is 0. The second-order valence-corrected chi connectivity index (χ2v) is 4.66. The number of ketones is 1. The average Bonchev–Trinajstić information content (AvgIpc) is 2.39. The highest BCUT2D eigenvalue weighted by Crippen LogP contribution is 2.19. The molecule has 0 unspecified atom stereocenters. The minimum absolute atomic E-state index is 0.00000567. The van der Waals surface area contributed by atoms with Crippen LogP contribution in [0, 0.1) is 0 Å². The van der Waals surface area contributed by atoms with Crippen LogP contribution >= 0.6 is 0 Å². The first-order valence-corrected chi connectivity index (χ1v) is 6.16. The SMILES string of the molecule is CC(C)c1ccc(C(=O)C2=CCCCO2)cc1. The van der Waals surface area contributed by atoms with Gasteiger partial charge in [0, 0.05) is 5.56 Å². The molecule has 0 saturated carbocycles. The third kappa shape index (κ3) is 2.76. The van der Waals surface area contributed by atoms with E-state index >= 15 is 0 Å².